The van der Waals surface area contributed by atoms with E-state index in [9.17, 15) is 61.0 Å². The van der Waals surface area contributed by atoms with E-state index in [2.05, 4.69) is 0 Å². The maximum Gasteiger partial charge on any atom is 0.331 e. The van der Waals surface area contributed by atoms with E-state index in [0.717, 1.165) is 24.3 Å². The predicted octanol–water partition coefficient (Wildman–Crippen LogP) is -2.55. The van der Waals surface area contributed by atoms with Crippen LogP contribution >= 0.6 is 0 Å². The molecule has 0 bridgehead atoms. The van der Waals surface area contributed by atoms with E-state index in [0.29, 0.717) is 0 Å². The van der Waals surface area contributed by atoms with Crippen molar-refractivity contribution in [2.24, 2.45) is 0 Å². The molecule has 1 unspecified atom stereocenters. The molecule has 11 atom stereocenters. The van der Waals surface area contributed by atoms with Gasteiger partial charge in [0.05, 0.1) is 19.8 Å². The number of phenolic OH excluding ortho intramolecular Hbond substituents is 4. The first-order chi connectivity index (χ1) is 21.8. The number of aliphatic hydroxyl groups excluding tert-OH is 7. The first kappa shape index (κ1) is 35.3. The summed E-state index contributed by atoms with van der Waals surface area (Å²) in [7, 11) is 0. The van der Waals surface area contributed by atoms with Crippen molar-refractivity contribution in [1.82, 2.24) is 0 Å². The van der Waals surface area contributed by atoms with Crippen molar-refractivity contribution in [3.63, 3.8) is 0 Å². The van der Waals surface area contributed by atoms with Crippen molar-refractivity contribution in [3.05, 3.63) is 53.6 Å². The van der Waals surface area contributed by atoms with Gasteiger partial charge in [-0.05, 0) is 41.5 Å². The predicted molar refractivity (Wildman–Crippen MR) is 150 cm³/mol. The Morgan fingerprint density at radius 1 is 0.761 bits per heavy atom. The Balaban J connectivity index is 1.56. The Bertz CT molecular complexity index is 1350. The highest BCUT2D eigenvalue weighted by atomic mass is 16.7. The summed E-state index contributed by atoms with van der Waals surface area (Å²) in [6, 6.07) is 7.22. The standard InChI is InChI=1S/C29H36O17/c30-9-19-22(38)23(39)24(40)29(43-19)46-27-25(41)28(42-11-18(36)13-3-5-15(33)17(35)8-13)44-20(10-31)26(27)45-21(37)6-2-12-1-4-14(32)16(34)7-12/h1-8,18-20,22-36,38-41H,9-11H2/b6-2+/t18?,19-,20-,22-,23+,24-,25-,26-,27-,28-,29+/m1/s1. The Labute approximate surface area is 260 Å². The number of aliphatic hydroxyl groups is 7. The van der Waals surface area contributed by atoms with Crippen molar-refractivity contribution >= 4 is 12.0 Å². The van der Waals surface area contributed by atoms with Crippen LogP contribution in [0, 0.1) is 0 Å². The van der Waals surface area contributed by atoms with Gasteiger partial charge in [0.1, 0.15) is 48.8 Å². The number of phenols is 4. The summed E-state index contributed by atoms with van der Waals surface area (Å²) >= 11 is 0. The highest BCUT2D eigenvalue weighted by Gasteiger charge is 2.52. The summed E-state index contributed by atoms with van der Waals surface area (Å²) in [5, 5.41) is 111. The van der Waals surface area contributed by atoms with Gasteiger partial charge in [-0.15, -0.1) is 0 Å². The van der Waals surface area contributed by atoms with Gasteiger partial charge in [-0.2, -0.15) is 0 Å². The normalized spacial score (nSPS) is 32.3. The van der Waals surface area contributed by atoms with Gasteiger partial charge in [0.2, 0.25) is 0 Å². The fourth-order valence-corrected chi connectivity index (χ4v) is 4.82. The van der Waals surface area contributed by atoms with Crippen molar-refractivity contribution in [2.45, 2.75) is 67.5 Å². The van der Waals surface area contributed by atoms with E-state index >= 15 is 0 Å². The number of carbonyl (C=O) groups excluding carboxylic acids is 1. The fourth-order valence-electron chi connectivity index (χ4n) is 4.82. The second kappa shape index (κ2) is 15.3. The van der Waals surface area contributed by atoms with E-state index in [-0.39, 0.29) is 11.1 Å². The minimum absolute atomic E-state index is 0.119. The molecule has 0 aliphatic carbocycles. The van der Waals surface area contributed by atoms with Crippen LogP contribution in [0.3, 0.4) is 0 Å². The minimum atomic E-state index is -1.93. The molecule has 11 N–H and O–H groups in total. The molecule has 2 fully saturated rings. The fraction of sp³-hybridized carbons (Fsp3) is 0.483. The molecule has 46 heavy (non-hydrogen) atoms. The van der Waals surface area contributed by atoms with Crippen LogP contribution in [-0.4, -0.2) is 143 Å². The van der Waals surface area contributed by atoms with Gasteiger partial charge in [-0.3, -0.25) is 0 Å². The summed E-state index contributed by atoms with van der Waals surface area (Å²) in [6.45, 7) is -2.21. The highest BCUT2D eigenvalue weighted by Crippen LogP contribution is 2.33. The SMILES string of the molecule is O=C(/C=C/c1ccc(O)c(O)c1)O[C@H]1[C@H](O[C@@H]2O[C@H](CO)[C@@H](O)[C@H](O)[C@H]2O)[C@@H](O)[C@H](OCC(O)c2ccc(O)c(O)c2)O[C@@H]1CO. The molecule has 2 aromatic carbocycles. The third kappa shape index (κ3) is 8.03. The van der Waals surface area contributed by atoms with Gasteiger partial charge in [0.15, 0.2) is 41.7 Å². The Kier molecular flexibility index (Phi) is 11.8. The largest absolute Gasteiger partial charge is 0.504 e. The summed E-state index contributed by atoms with van der Waals surface area (Å²) in [5.41, 5.74) is 0.406. The topological polar surface area (TPSA) is 286 Å². The lowest BCUT2D eigenvalue weighted by Gasteiger charge is -2.46. The molecule has 2 aromatic rings. The first-order valence-corrected chi connectivity index (χ1v) is 14.0. The molecule has 2 heterocycles. The number of carbonyl (C=O) groups is 1. The number of hydrogen-bond donors (Lipinski definition) is 11. The van der Waals surface area contributed by atoms with Crippen molar-refractivity contribution in [1.29, 1.82) is 0 Å². The van der Waals surface area contributed by atoms with Crippen LogP contribution < -0.4 is 0 Å². The molecule has 17 nitrogen and oxygen atoms in total. The van der Waals surface area contributed by atoms with E-state index in [4.69, 9.17) is 23.7 Å². The number of esters is 1. The maximum absolute atomic E-state index is 12.8. The first-order valence-electron chi connectivity index (χ1n) is 14.0. The lowest BCUT2D eigenvalue weighted by atomic mass is 9.96. The number of aromatic hydroxyl groups is 4. The molecule has 254 valence electrons. The average molecular weight is 657 g/mol. The molecular weight excluding hydrogens is 620 g/mol. The summed E-state index contributed by atoms with van der Waals surface area (Å²) in [4.78, 5) is 12.8. The monoisotopic (exact) mass is 656 g/mol. The van der Waals surface area contributed by atoms with Crippen LogP contribution in [0.15, 0.2) is 42.5 Å². The van der Waals surface area contributed by atoms with Gasteiger partial charge < -0.3 is 79.9 Å². The number of benzene rings is 2. The second-order valence-corrected chi connectivity index (χ2v) is 10.6. The molecule has 0 aromatic heterocycles. The zero-order chi connectivity index (χ0) is 33.7. The van der Waals surface area contributed by atoms with Gasteiger partial charge in [-0.1, -0.05) is 12.1 Å². The number of hydrogen-bond acceptors (Lipinski definition) is 17. The smallest absolute Gasteiger partial charge is 0.331 e. The van der Waals surface area contributed by atoms with Crippen LogP contribution in [0.1, 0.15) is 17.2 Å². The van der Waals surface area contributed by atoms with Crippen LogP contribution in [0.2, 0.25) is 0 Å². The molecule has 0 spiro atoms. The van der Waals surface area contributed by atoms with E-state index < -0.39 is 116 Å². The molecular formula is C29H36O17. The summed E-state index contributed by atoms with van der Waals surface area (Å²) < 4.78 is 27.7. The number of ether oxygens (including phenoxy) is 5. The van der Waals surface area contributed by atoms with Crippen molar-refractivity contribution in [2.75, 3.05) is 19.8 Å². The Morgan fingerprint density at radius 2 is 1.39 bits per heavy atom. The summed E-state index contributed by atoms with van der Waals surface area (Å²) in [6.07, 6.45) is -16.4. The molecule has 0 amide bonds. The Hall–Kier alpha value is -3.59. The molecule has 4 rings (SSSR count). The zero-order valence-corrected chi connectivity index (χ0v) is 24.0. The minimum Gasteiger partial charge on any atom is -0.504 e. The maximum atomic E-state index is 12.8. The third-order valence-corrected chi connectivity index (χ3v) is 7.40. The quantitative estimate of drug-likeness (QED) is 0.0674. The average Bonchev–Trinajstić information content (AvgIpc) is 3.03. The molecule has 2 aliphatic rings. The lowest BCUT2D eigenvalue weighted by molar-refractivity contribution is -0.361. The lowest BCUT2D eigenvalue weighted by Crippen LogP contribution is -2.65. The van der Waals surface area contributed by atoms with Crippen LogP contribution in [0.4, 0.5) is 0 Å². The van der Waals surface area contributed by atoms with Gasteiger partial charge in [0, 0.05) is 6.08 Å². The van der Waals surface area contributed by atoms with E-state index in [1.807, 2.05) is 0 Å². The number of rotatable bonds is 11. The Morgan fingerprint density at radius 3 is 2.02 bits per heavy atom. The van der Waals surface area contributed by atoms with Gasteiger partial charge in [-0.25, -0.2) is 4.79 Å². The third-order valence-electron chi connectivity index (χ3n) is 7.40. The van der Waals surface area contributed by atoms with Crippen LogP contribution in [0.5, 0.6) is 23.0 Å². The molecule has 0 saturated carbocycles. The molecule has 2 saturated heterocycles. The zero-order valence-electron chi connectivity index (χ0n) is 24.0. The van der Waals surface area contributed by atoms with Crippen molar-refractivity contribution < 1.29 is 84.7 Å². The summed E-state index contributed by atoms with van der Waals surface area (Å²) in [5.74, 6) is -2.85. The van der Waals surface area contributed by atoms with Gasteiger partial charge in [0.25, 0.3) is 0 Å². The molecule has 17 heteroatoms. The van der Waals surface area contributed by atoms with Crippen LogP contribution in [-0.2, 0) is 28.5 Å². The second-order valence-electron chi connectivity index (χ2n) is 10.6. The van der Waals surface area contributed by atoms with Crippen LogP contribution in [0.25, 0.3) is 6.08 Å². The van der Waals surface area contributed by atoms with E-state index in [1.54, 1.807) is 0 Å². The van der Waals surface area contributed by atoms with Crippen molar-refractivity contribution in [3.8, 4) is 23.0 Å². The molecule has 2 aliphatic heterocycles. The van der Waals surface area contributed by atoms with Gasteiger partial charge >= 0.3 is 5.97 Å². The molecule has 0 radical (unpaired) electrons. The highest BCUT2D eigenvalue weighted by molar-refractivity contribution is 5.87. The van der Waals surface area contributed by atoms with E-state index in [1.165, 1.54) is 24.3 Å².